The van der Waals surface area contributed by atoms with E-state index in [4.69, 9.17) is 25.5 Å². The summed E-state index contributed by atoms with van der Waals surface area (Å²) in [6, 6.07) is 6.24. The molecular weight excluding hydrogens is 360 g/mol. The second kappa shape index (κ2) is 5.79. The molecule has 1 aliphatic heterocycles. The minimum absolute atomic E-state index is 0.00557. The SMILES string of the molecule is COc1cc2c(c3oc4c(O)cccc4c(=O)c13)C[C@H]([C@](C)(O)CCl)O2. The highest BCUT2D eigenvalue weighted by Gasteiger charge is 2.40. The molecule has 0 saturated heterocycles. The van der Waals surface area contributed by atoms with Crippen molar-refractivity contribution in [2.75, 3.05) is 13.0 Å². The number of hydrogen-bond donors (Lipinski definition) is 2. The van der Waals surface area contributed by atoms with Gasteiger partial charge < -0.3 is 24.1 Å². The van der Waals surface area contributed by atoms with Gasteiger partial charge in [0.2, 0.25) is 5.43 Å². The van der Waals surface area contributed by atoms with E-state index in [0.717, 1.165) is 0 Å². The summed E-state index contributed by atoms with van der Waals surface area (Å²) in [6.07, 6.45) is -0.270. The molecule has 0 amide bonds. The molecule has 0 fully saturated rings. The van der Waals surface area contributed by atoms with Gasteiger partial charge in [-0.15, -0.1) is 11.6 Å². The lowest BCUT2D eigenvalue weighted by atomic mass is 9.96. The number of halogens is 1. The van der Waals surface area contributed by atoms with E-state index in [1.54, 1.807) is 25.1 Å². The summed E-state index contributed by atoms with van der Waals surface area (Å²) in [6.45, 7) is 1.59. The van der Waals surface area contributed by atoms with Crippen molar-refractivity contribution in [2.24, 2.45) is 0 Å². The third kappa shape index (κ3) is 2.33. The van der Waals surface area contributed by atoms with E-state index in [1.165, 1.54) is 13.2 Å². The lowest BCUT2D eigenvalue weighted by Gasteiger charge is -2.26. The van der Waals surface area contributed by atoms with Gasteiger partial charge in [-0.3, -0.25) is 4.79 Å². The zero-order valence-electron chi connectivity index (χ0n) is 14.2. The van der Waals surface area contributed by atoms with Crippen LogP contribution >= 0.6 is 11.6 Å². The number of hydrogen-bond acceptors (Lipinski definition) is 6. The maximum absolute atomic E-state index is 13.0. The van der Waals surface area contributed by atoms with Crippen molar-refractivity contribution in [3.63, 3.8) is 0 Å². The van der Waals surface area contributed by atoms with Crippen LogP contribution in [0.5, 0.6) is 17.2 Å². The van der Waals surface area contributed by atoms with E-state index in [-0.39, 0.29) is 39.0 Å². The molecule has 0 aliphatic carbocycles. The molecular formula is C19H17ClO6. The number of fused-ring (bicyclic) bond motifs is 4. The number of aromatic hydroxyl groups is 1. The minimum Gasteiger partial charge on any atom is -0.504 e. The Kier molecular flexibility index (Phi) is 3.78. The van der Waals surface area contributed by atoms with Gasteiger partial charge in [0.25, 0.3) is 0 Å². The predicted octanol–water partition coefficient (Wildman–Crippen LogP) is 2.95. The van der Waals surface area contributed by atoms with E-state index >= 15 is 0 Å². The van der Waals surface area contributed by atoms with Gasteiger partial charge in [0.1, 0.15) is 34.2 Å². The maximum atomic E-state index is 13.0. The van der Waals surface area contributed by atoms with E-state index in [1.807, 2.05) is 0 Å². The van der Waals surface area contributed by atoms with Gasteiger partial charge in [0.15, 0.2) is 11.3 Å². The van der Waals surface area contributed by atoms with Gasteiger partial charge in [-0.05, 0) is 19.1 Å². The van der Waals surface area contributed by atoms with E-state index in [9.17, 15) is 15.0 Å². The molecule has 0 bridgehead atoms. The van der Waals surface area contributed by atoms with Crippen LogP contribution < -0.4 is 14.9 Å². The Balaban J connectivity index is 2.06. The van der Waals surface area contributed by atoms with Crippen molar-refractivity contribution in [1.82, 2.24) is 0 Å². The van der Waals surface area contributed by atoms with Gasteiger partial charge in [-0.25, -0.2) is 0 Å². The standard InChI is InChI=1S/C19H17ClO6/c1-19(23,8-20)14-6-10-12(25-14)7-13(24-2)15-16(22)9-4-3-5-11(21)17(9)26-18(10)15/h3-5,7,14,21,23H,6,8H2,1-2H3/t14-,19-/m1/s1. The summed E-state index contributed by atoms with van der Waals surface area (Å²) in [4.78, 5) is 13.0. The Labute approximate surface area is 153 Å². The summed E-state index contributed by atoms with van der Waals surface area (Å²) in [5.41, 5.74) is -0.526. The van der Waals surface area contributed by atoms with Crippen LogP contribution in [0.4, 0.5) is 0 Å². The fourth-order valence-corrected chi connectivity index (χ4v) is 3.47. The van der Waals surface area contributed by atoms with Crippen molar-refractivity contribution < 1.29 is 24.1 Å². The largest absolute Gasteiger partial charge is 0.504 e. The summed E-state index contributed by atoms with van der Waals surface area (Å²) in [5, 5.41) is 21.1. The molecule has 2 atom stereocenters. The molecule has 1 aromatic heterocycles. The molecule has 6 nitrogen and oxygen atoms in total. The van der Waals surface area contributed by atoms with Crippen LogP contribution in [0.15, 0.2) is 33.5 Å². The lowest BCUT2D eigenvalue weighted by Crippen LogP contribution is -2.44. The number of ether oxygens (including phenoxy) is 2. The smallest absolute Gasteiger partial charge is 0.204 e. The van der Waals surface area contributed by atoms with Crippen molar-refractivity contribution in [1.29, 1.82) is 0 Å². The third-order valence-corrected chi connectivity index (χ3v) is 5.36. The highest BCUT2D eigenvalue weighted by atomic mass is 35.5. The average molecular weight is 377 g/mol. The Morgan fingerprint density at radius 3 is 2.85 bits per heavy atom. The Morgan fingerprint density at radius 2 is 2.15 bits per heavy atom. The predicted molar refractivity (Wildman–Crippen MR) is 97.7 cm³/mol. The summed E-state index contributed by atoms with van der Waals surface area (Å²) in [5.74, 6) is 0.641. The number of aliphatic hydroxyl groups is 1. The number of phenols is 1. The molecule has 136 valence electrons. The summed E-state index contributed by atoms with van der Waals surface area (Å²) < 4.78 is 17.1. The molecule has 3 aromatic rings. The van der Waals surface area contributed by atoms with E-state index in [2.05, 4.69) is 0 Å². The van der Waals surface area contributed by atoms with Crippen LogP contribution in [-0.2, 0) is 6.42 Å². The number of para-hydroxylation sites is 1. The van der Waals surface area contributed by atoms with Crippen LogP contribution in [0.1, 0.15) is 12.5 Å². The number of benzene rings is 2. The quantitative estimate of drug-likeness (QED) is 0.539. The topological polar surface area (TPSA) is 89.1 Å². The van der Waals surface area contributed by atoms with Crippen molar-refractivity contribution >= 4 is 33.5 Å². The first-order valence-electron chi connectivity index (χ1n) is 8.10. The molecule has 7 heteroatoms. The normalized spacial score (nSPS) is 18.5. The van der Waals surface area contributed by atoms with Gasteiger partial charge in [-0.1, -0.05) is 6.07 Å². The van der Waals surface area contributed by atoms with Crippen LogP contribution in [0, 0.1) is 0 Å². The molecule has 1 aliphatic rings. The Morgan fingerprint density at radius 1 is 1.38 bits per heavy atom. The van der Waals surface area contributed by atoms with Gasteiger partial charge in [-0.2, -0.15) is 0 Å². The number of phenolic OH excluding ortho intramolecular Hbond substituents is 1. The monoisotopic (exact) mass is 376 g/mol. The molecule has 2 heterocycles. The molecule has 2 aromatic carbocycles. The lowest BCUT2D eigenvalue weighted by molar-refractivity contribution is -0.0201. The van der Waals surface area contributed by atoms with Crippen molar-refractivity contribution in [3.05, 3.63) is 40.1 Å². The highest BCUT2D eigenvalue weighted by molar-refractivity contribution is 6.18. The summed E-state index contributed by atoms with van der Waals surface area (Å²) in [7, 11) is 1.45. The number of rotatable bonds is 3. The van der Waals surface area contributed by atoms with E-state index in [0.29, 0.717) is 23.5 Å². The molecule has 0 unspecified atom stereocenters. The second-order valence-corrected chi connectivity index (χ2v) is 6.91. The van der Waals surface area contributed by atoms with Gasteiger partial charge in [0, 0.05) is 18.1 Å². The fourth-order valence-electron chi connectivity index (χ4n) is 3.30. The van der Waals surface area contributed by atoms with Crippen LogP contribution in [0.2, 0.25) is 0 Å². The van der Waals surface area contributed by atoms with Gasteiger partial charge in [0.05, 0.1) is 18.4 Å². The molecule has 4 rings (SSSR count). The maximum Gasteiger partial charge on any atom is 0.204 e. The van der Waals surface area contributed by atoms with E-state index < -0.39 is 11.7 Å². The highest BCUT2D eigenvalue weighted by Crippen LogP contribution is 2.43. The molecule has 26 heavy (non-hydrogen) atoms. The second-order valence-electron chi connectivity index (χ2n) is 6.65. The fraction of sp³-hybridized carbons (Fsp3) is 0.316. The average Bonchev–Trinajstić information content (AvgIpc) is 3.07. The van der Waals surface area contributed by atoms with Crippen molar-refractivity contribution in [2.45, 2.75) is 25.0 Å². The van der Waals surface area contributed by atoms with Crippen LogP contribution in [-0.4, -0.2) is 34.9 Å². The molecule has 2 N–H and O–H groups in total. The first-order valence-corrected chi connectivity index (χ1v) is 8.64. The molecule has 0 saturated carbocycles. The van der Waals surface area contributed by atoms with Crippen LogP contribution in [0.3, 0.4) is 0 Å². The Bertz CT molecular complexity index is 1090. The van der Waals surface area contributed by atoms with Gasteiger partial charge >= 0.3 is 0 Å². The number of alkyl halides is 1. The molecule has 0 radical (unpaired) electrons. The first kappa shape index (κ1) is 17.0. The zero-order chi connectivity index (χ0) is 18.6. The third-order valence-electron chi connectivity index (χ3n) is 4.82. The minimum atomic E-state index is -1.25. The van der Waals surface area contributed by atoms with Crippen molar-refractivity contribution in [3.8, 4) is 17.2 Å². The number of methoxy groups -OCH3 is 1. The summed E-state index contributed by atoms with van der Waals surface area (Å²) >= 11 is 5.86. The Hall–Kier alpha value is -2.44. The van der Waals surface area contributed by atoms with Crippen LogP contribution in [0.25, 0.3) is 21.9 Å². The zero-order valence-corrected chi connectivity index (χ0v) is 15.0. The molecule has 0 spiro atoms. The first-order chi connectivity index (χ1) is 12.4.